The summed E-state index contributed by atoms with van der Waals surface area (Å²) in [4.78, 5) is 27.0. The van der Waals surface area contributed by atoms with Crippen molar-refractivity contribution in [3.05, 3.63) is 66.0 Å². The molecule has 0 radical (unpaired) electrons. The lowest BCUT2D eigenvalue weighted by atomic mass is 9.81. The van der Waals surface area contributed by atoms with Gasteiger partial charge < -0.3 is 15.6 Å². The number of nitrogens with two attached hydrogens (primary N) is 1. The molecule has 9 nitrogen and oxygen atoms in total. The number of terminal acetylenes is 1. The predicted molar refractivity (Wildman–Crippen MR) is 152 cm³/mol. The number of nitrogen functional groups attached to an aromatic ring is 1. The van der Waals surface area contributed by atoms with Crippen LogP contribution >= 0.6 is 0 Å². The first kappa shape index (κ1) is 25.5. The van der Waals surface area contributed by atoms with Crippen molar-refractivity contribution in [2.24, 2.45) is 7.05 Å². The van der Waals surface area contributed by atoms with Gasteiger partial charge in [0.05, 0.1) is 22.1 Å². The van der Waals surface area contributed by atoms with Gasteiger partial charge in [0, 0.05) is 36.3 Å². The van der Waals surface area contributed by atoms with Gasteiger partial charge in [-0.15, -0.1) is 6.42 Å². The number of halogens is 1. The number of anilines is 1. The summed E-state index contributed by atoms with van der Waals surface area (Å²) in [6.45, 7) is -0.346. The number of para-hydroxylation sites is 1. The number of rotatable bonds is 6. The lowest BCUT2D eigenvalue weighted by Gasteiger charge is -2.39. The molecular weight excluding hydrogens is 507 g/mol. The van der Waals surface area contributed by atoms with Crippen LogP contribution < -0.4 is 11.1 Å². The maximum Gasteiger partial charge on any atom is 0.270 e. The number of nitrogens with zero attached hydrogens (tertiary/aromatic N) is 6. The Morgan fingerprint density at radius 3 is 2.73 bits per heavy atom. The van der Waals surface area contributed by atoms with Crippen LogP contribution in [0.4, 0.5) is 10.2 Å². The number of amides is 1. The van der Waals surface area contributed by atoms with Gasteiger partial charge in [0.2, 0.25) is 0 Å². The summed E-state index contributed by atoms with van der Waals surface area (Å²) in [6, 6.07) is 11.4. The van der Waals surface area contributed by atoms with Gasteiger partial charge in [-0.2, -0.15) is 5.10 Å². The lowest BCUT2D eigenvalue weighted by Crippen LogP contribution is -2.53. The number of alkyl halides is 1. The zero-order valence-electron chi connectivity index (χ0n) is 22.2. The van der Waals surface area contributed by atoms with Gasteiger partial charge in [0.25, 0.3) is 5.91 Å². The Balaban J connectivity index is 1.48. The molecule has 3 N–H and O–H groups in total. The van der Waals surface area contributed by atoms with E-state index in [1.54, 1.807) is 13.2 Å². The molecule has 0 aliphatic heterocycles. The number of carbonyl (C=O) groups is 1. The van der Waals surface area contributed by atoms with E-state index in [1.807, 2.05) is 34.9 Å². The van der Waals surface area contributed by atoms with Crippen LogP contribution in [0.3, 0.4) is 0 Å². The molecule has 0 atom stereocenters. The van der Waals surface area contributed by atoms with Crippen molar-refractivity contribution in [2.75, 3.05) is 5.73 Å². The monoisotopic (exact) mass is 536 g/mol. The Morgan fingerprint density at radius 2 is 1.98 bits per heavy atom. The first-order valence-electron chi connectivity index (χ1n) is 13.3. The van der Waals surface area contributed by atoms with Crippen LogP contribution in [0.2, 0.25) is 0 Å². The van der Waals surface area contributed by atoms with Crippen LogP contribution in [0.5, 0.6) is 0 Å². The minimum absolute atomic E-state index is 0.220. The fourth-order valence-electron chi connectivity index (χ4n) is 5.95. The van der Waals surface area contributed by atoms with Crippen molar-refractivity contribution in [1.29, 1.82) is 0 Å². The van der Waals surface area contributed by atoms with Gasteiger partial charge in [-0.1, -0.05) is 43.4 Å². The topological polar surface area (TPSA) is 117 Å². The molecule has 1 aromatic carbocycles. The average Bonchev–Trinajstić information content (AvgIpc) is 3.51. The summed E-state index contributed by atoms with van der Waals surface area (Å²) in [5.74, 6) is 2.90. The standard InChI is InChI=1S/C30H29FN8O/c1-3-23-25(20-13-19-9-5-6-10-22(19)33-16-20)26-27(32)34-18-35-28(26)39(23)17-30(11-7-4-8-12-30)36-29(40)24-14-21(15-31)37-38(24)2/h1,5-6,9-10,13-14,16,18H,4,7-8,11-12,15,17H2,2H3,(H,36,40)(H2,32,34,35). The minimum Gasteiger partial charge on any atom is -0.383 e. The summed E-state index contributed by atoms with van der Waals surface area (Å²) in [5, 5.41) is 9.01. The van der Waals surface area contributed by atoms with E-state index in [1.165, 1.54) is 17.1 Å². The normalized spacial score (nSPS) is 14.8. The molecular formula is C30H29FN8O. The van der Waals surface area contributed by atoms with Crippen molar-refractivity contribution in [3.63, 3.8) is 0 Å². The molecule has 1 amide bonds. The molecule has 1 aliphatic rings. The van der Waals surface area contributed by atoms with Gasteiger partial charge in [-0.05, 0) is 31.0 Å². The third-order valence-corrected chi connectivity index (χ3v) is 7.83. The van der Waals surface area contributed by atoms with E-state index in [0.717, 1.165) is 54.1 Å². The number of benzene rings is 1. The first-order valence-corrected chi connectivity index (χ1v) is 13.3. The maximum absolute atomic E-state index is 13.5. The number of pyridine rings is 1. The molecule has 6 rings (SSSR count). The first-order chi connectivity index (χ1) is 19.4. The molecule has 10 heteroatoms. The molecule has 4 heterocycles. The number of fused-ring (bicyclic) bond motifs is 2. The summed E-state index contributed by atoms with van der Waals surface area (Å²) < 4.78 is 16.6. The van der Waals surface area contributed by atoms with Crippen molar-refractivity contribution in [3.8, 4) is 23.5 Å². The van der Waals surface area contributed by atoms with Gasteiger partial charge in [0.15, 0.2) is 0 Å². The molecule has 1 aliphatic carbocycles. The number of hydrogen-bond donors (Lipinski definition) is 2. The highest BCUT2D eigenvalue weighted by atomic mass is 19.1. The molecule has 1 saturated carbocycles. The maximum atomic E-state index is 13.5. The van der Waals surface area contributed by atoms with Crippen LogP contribution in [0, 0.1) is 12.3 Å². The second-order valence-electron chi connectivity index (χ2n) is 10.4. The van der Waals surface area contributed by atoms with Crippen LogP contribution in [-0.4, -0.2) is 40.7 Å². The van der Waals surface area contributed by atoms with E-state index >= 15 is 0 Å². The fraction of sp³-hybridized carbons (Fsp3) is 0.300. The number of nitrogens with one attached hydrogen (secondary N) is 1. The SMILES string of the molecule is C#Cc1c(-c2cnc3ccccc3c2)c2c(N)ncnc2n1CC1(NC(=O)c2cc(CF)nn2C)CCCCC1. The lowest BCUT2D eigenvalue weighted by molar-refractivity contribution is 0.0841. The smallest absolute Gasteiger partial charge is 0.270 e. The Morgan fingerprint density at radius 1 is 1.18 bits per heavy atom. The van der Waals surface area contributed by atoms with Crippen LogP contribution in [-0.2, 0) is 20.3 Å². The van der Waals surface area contributed by atoms with Gasteiger partial charge in [0.1, 0.15) is 35.9 Å². The third-order valence-electron chi connectivity index (χ3n) is 7.83. The molecule has 40 heavy (non-hydrogen) atoms. The highest BCUT2D eigenvalue weighted by Crippen LogP contribution is 2.39. The zero-order valence-corrected chi connectivity index (χ0v) is 22.2. The van der Waals surface area contributed by atoms with E-state index in [0.29, 0.717) is 34.8 Å². The second-order valence-corrected chi connectivity index (χ2v) is 10.4. The molecule has 0 spiro atoms. The number of carbonyl (C=O) groups excluding carboxylic acids is 1. The molecule has 0 bridgehead atoms. The van der Waals surface area contributed by atoms with E-state index in [4.69, 9.17) is 12.2 Å². The number of aromatic nitrogens is 6. The van der Waals surface area contributed by atoms with Gasteiger partial charge in [-0.3, -0.25) is 14.5 Å². The van der Waals surface area contributed by atoms with E-state index in [9.17, 15) is 9.18 Å². The van der Waals surface area contributed by atoms with Crippen LogP contribution in [0.25, 0.3) is 33.1 Å². The zero-order chi connectivity index (χ0) is 27.9. The van der Waals surface area contributed by atoms with E-state index < -0.39 is 12.2 Å². The Hall–Kier alpha value is -4.78. The van der Waals surface area contributed by atoms with Crippen LogP contribution in [0.1, 0.15) is 54.0 Å². The average molecular weight is 537 g/mol. The molecule has 1 fully saturated rings. The molecule has 4 aromatic heterocycles. The van der Waals surface area contributed by atoms with Gasteiger partial charge >= 0.3 is 0 Å². The molecule has 202 valence electrons. The molecule has 0 saturated heterocycles. The summed E-state index contributed by atoms with van der Waals surface area (Å²) in [7, 11) is 1.64. The highest BCUT2D eigenvalue weighted by Gasteiger charge is 2.37. The highest BCUT2D eigenvalue weighted by molar-refractivity contribution is 6.04. The number of aryl methyl sites for hydroxylation is 1. The largest absolute Gasteiger partial charge is 0.383 e. The number of hydrogen-bond acceptors (Lipinski definition) is 6. The van der Waals surface area contributed by atoms with E-state index in [-0.39, 0.29) is 11.6 Å². The molecule has 5 aromatic rings. The van der Waals surface area contributed by atoms with Gasteiger partial charge in [-0.25, -0.2) is 14.4 Å². The Kier molecular flexibility index (Phi) is 6.42. The predicted octanol–water partition coefficient (Wildman–Crippen LogP) is 4.55. The quantitative estimate of drug-likeness (QED) is 0.308. The fourth-order valence-corrected chi connectivity index (χ4v) is 5.95. The second kappa shape index (κ2) is 10.1. The van der Waals surface area contributed by atoms with Crippen LogP contribution in [0.15, 0.2) is 48.9 Å². The summed E-state index contributed by atoms with van der Waals surface area (Å²) in [5.41, 5.74) is 9.98. The molecule has 0 unspecified atom stereocenters. The van der Waals surface area contributed by atoms with Crippen molar-refractivity contribution < 1.29 is 9.18 Å². The Labute approximate surface area is 230 Å². The summed E-state index contributed by atoms with van der Waals surface area (Å²) >= 11 is 0. The third kappa shape index (κ3) is 4.33. The Bertz CT molecular complexity index is 1790. The van der Waals surface area contributed by atoms with Crippen molar-refractivity contribution in [1.82, 2.24) is 34.6 Å². The van der Waals surface area contributed by atoms with Crippen molar-refractivity contribution >= 4 is 33.7 Å². The minimum atomic E-state index is -0.735. The van der Waals surface area contributed by atoms with E-state index in [2.05, 4.69) is 31.3 Å². The summed E-state index contributed by atoms with van der Waals surface area (Å²) in [6.07, 6.45) is 13.9. The van der Waals surface area contributed by atoms with Crippen molar-refractivity contribution in [2.45, 2.75) is 50.9 Å².